The Morgan fingerprint density at radius 1 is 1.42 bits per heavy atom. The van der Waals surface area contributed by atoms with E-state index in [0.29, 0.717) is 5.92 Å². The van der Waals surface area contributed by atoms with Gasteiger partial charge in [-0.1, -0.05) is 13.3 Å². The molecule has 1 saturated carbocycles. The SMILES string of the molecule is CC1CCCCC1OC(=O)c1csc(S(N)(=O)=O)c1. The molecule has 0 radical (unpaired) electrons. The fourth-order valence-electron chi connectivity index (χ4n) is 2.24. The van der Waals surface area contributed by atoms with Gasteiger partial charge in [0.15, 0.2) is 0 Å². The number of rotatable bonds is 3. The maximum absolute atomic E-state index is 11.9. The number of primary sulfonamides is 1. The molecule has 0 amide bonds. The normalized spacial score (nSPS) is 24.1. The lowest BCUT2D eigenvalue weighted by Gasteiger charge is -2.28. The number of hydrogen-bond acceptors (Lipinski definition) is 5. The molecule has 1 aromatic rings. The third-order valence-electron chi connectivity index (χ3n) is 3.38. The Morgan fingerprint density at radius 3 is 2.68 bits per heavy atom. The van der Waals surface area contributed by atoms with Crippen LogP contribution in [-0.4, -0.2) is 20.5 Å². The molecule has 0 spiro atoms. The zero-order valence-electron chi connectivity index (χ0n) is 10.7. The molecule has 2 N–H and O–H groups in total. The molecule has 2 unspecified atom stereocenters. The van der Waals surface area contributed by atoms with Crippen molar-refractivity contribution >= 4 is 27.3 Å². The van der Waals surface area contributed by atoms with Crippen molar-refractivity contribution in [2.24, 2.45) is 11.1 Å². The Balaban J connectivity index is 2.06. The molecule has 106 valence electrons. The van der Waals surface area contributed by atoms with Crippen LogP contribution in [0.25, 0.3) is 0 Å². The molecule has 0 aromatic carbocycles. The second-order valence-electron chi connectivity index (χ2n) is 4.90. The minimum Gasteiger partial charge on any atom is -0.458 e. The van der Waals surface area contributed by atoms with Gasteiger partial charge in [0.1, 0.15) is 10.3 Å². The molecule has 1 aliphatic carbocycles. The first-order valence-corrected chi connectivity index (χ1v) is 8.63. The summed E-state index contributed by atoms with van der Waals surface area (Å²) < 4.78 is 27.7. The van der Waals surface area contributed by atoms with Gasteiger partial charge >= 0.3 is 5.97 Å². The molecule has 0 bridgehead atoms. The number of sulfonamides is 1. The van der Waals surface area contributed by atoms with Crippen molar-refractivity contribution in [1.82, 2.24) is 0 Å². The van der Waals surface area contributed by atoms with Crippen molar-refractivity contribution < 1.29 is 17.9 Å². The number of thiophene rings is 1. The zero-order valence-corrected chi connectivity index (χ0v) is 12.3. The minimum absolute atomic E-state index is 0.0175. The molecule has 2 rings (SSSR count). The molecule has 2 atom stereocenters. The van der Waals surface area contributed by atoms with E-state index in [0.717, 1.165) is 30.6 Å². The van der Waals surface area contributed by atoms with E-state index in [4.69, 9.17) is 9.88 Å². The Labute approximate surface area is 116 Å². The fourth-order valence-corrected chi connectivity index (χ4v) is 3.81. The van der Waals surface area contributed by atoms with Crippen molar-refractivity contribution in [3.05, 3.63) is 17.0 Å². The molecule has 1 fully saturated rings. The number of esters is 1. The number of carbonyl (C=O) groups excluding carboxylic acids is 1. The maximum Gasteiger partial charge on any atom is 0.339 e. The summed E-state index contributed by atoms with van der Waals surface area (Å²) in [5.41, 5.74) is 0.256. The van der Waals surface area contributed by atoms with Crippen LogP contribution in [0.3, 0.4) is 0 Å². The Hall–Kier alpha value is -0.920. The predicted octanol–water partition coefficient (Wildman–Crippen LogP) is 2.13. The first-order valence-electron chi connectivity index (χ1n) is 6.20. The van der Waals surface area contributed by atoms with E-state index in [-0.39, 0.29) is 15.9 Å². The smallest absolute Gasteiger partial charge is 0.339 e. The quantitative estimate of drug-likeness (QED) is 0.867. The summed E-state index contributed by atoms with van der Waals surface area (Å²) in [6.07, 6.45) is 4.10. The molecule has 19 heavy (non-hydrogen) atoms. The summed E-state index contributed by atoms with van der Waals surface area (Å²) in [5.74, 6) is -0.112. The molecule has 7 heteroatoms. The van der Waals surface area contributed by atoms with Crippen LogP contribution < -0.4 is 5.14 Å². The molecule has 1 aromatic heterocycles. The van der Waals surface area contributed by atoms with Gasteiger partial charge in [0, 0.05) is 5.38 Å². The van der Waals surface area contributed by atoms with Crippen LogP contribution in [0.15, 0.2) is 15.7 Å². The summed E-state index contributed by atoms with van der Waals surface area (Å²) in [6.45, 7) is 2.07. The lowest BCUT2D eigenvalue weighted by Crippen LogP contribution is -2.28. The van der Waals surface area contributed by atoms with E-state index in [1.165, 1.54) is 17.9 Å². The molecule has 0 aliphatic heterocycles. The third-order valence-corrected chi connectivity index (χ3v) is 5.77. The molecule has 1 aliphatic rings. The van der Waals surface area contributed by atoms with Gasteiger partial charge in [-0.3, -0.25) is 0 Å². The second-order valence-corrected chi connectivity index (χ2v) is 7.60. The lowest BCUT2D eigenvalue weighted by molar-refractivity contribution is 0.00486. The zero-order chi connectivity index (χ0) is 14.0. The van der Waals surface area contributed by atoms with Crippen LogP contribution in [0.4, 0.5) is 0 Å². The Kier molecular flexibility index (Phi) is 4.27. The molecule has 0 saturated heterocycles. The highest BCUT2D eigenvalue weighted by atomic mass is 32.2. The number of ether oxygens (including phenoxy) is 1. The summed E-state index contributed by atoms with van der Waals surface area (Å²) in [4.78, 5) is 11.9. The van der Waals surface area contributed by atoms with E-state index in [2.05, 4.69) is 6.92 Å². The first kappa shape index (κ1) is 14.5. The second kappa shape index (κ2) is 5.60. The largest absolute Gasteiger partial charge is 0.458 e. The summed E-state index contributed by atoms with van der Waals surface area (Å²) in [6, 6.07) is 1.27. The average Bonchev–Trinajstić information content (AvgIpc) is 2.81. The topological polar surface area (TPSA) is 86.5 Å². The highest BCUT2D eigenvalue weighted by Gasteiger charge is 2.26. The highest BCUT2D eigenvalue weighted by molar-refractivity contribution is 7.91. The molecular formula is C12H17NO4S2. The van der Waals surface area contributed by atoms with E-state index < -0.39 is 16.0 Å². The van der Waals surface area contributed by atoms with Crippen LogP contribution in [0, 0.1) is 5.92 Å². The average molecular weight is 303 g/mol. The summed E-state index contributed by atoms with van der Waals surface area (Å²) >= 11 is 0.934. The van der Waals surface area contributed by atoms with Gasteiger partial charge in [-0.05, 0) is 31.2 Å². The highest BCUT2D eigenvalue weighted by Crippen LogP contribution is 2.28. The number of hydrogen-bond donors (Lipinski definition) is 1. The van der Waals surface area contributed by atoms with Crippen molar-refractivity contribution in [2.75, 3.05) is 0 Å². The van der Waals surface area contributed by atoms with Gasteiger partial charge in [0.2, 0.25) is 10.0 Å². The number of carbonyl (C=O) groups is 1. The summed E-state index contributed by atoms with van der Waals surface area (Å²) in [5, 5.41) is 6.47. The fraction of sp³-hybridized carbons (Fsp3) is 0.583. The van der Waals surface area contributed by atoms with E-state index in [1.54, 1.807) is 0 Å². The molecule has 5 nitrogen and oxygen atoms in total. The van der Waals surface area contributed by atoms with Crippen molar-refractivity contribution in [2.45, 2.75) is 42.9 Å². The molecule has 1 heterocycles. The van der Waals surface area contributed by atoms with Gasteiger partial charge in [-0.2, -0.15) is 0 Å². The van der Waals surface area contributed by atoms with Crippen molar-refractivity contribution in [3.8, 4) is 0 Å². The van der Waals surface area contributed by atoms with Crippen molar-refractivity contribution in [1.29, 1.82) is 0 Å². The first-order chi connectivity index (χ1) is 8.88. The third kappa shape index (κ3) is 3.55. The number of nitrogens with two attached hydrogens (primary N) is 1. The standard InChI is InChI=1S/C12H17NO4S2/c1-8-4-2-3-5-10(8)17-12(14)9-6-11(18-7-9)19(13,15)16/h6-8,10H,2-5H2,1H3,(H2,13,15,16). The summed E-state index contributed by atoms with van der Waals surface area (Å²) in [7, 11) is -3.75. The van der Waals surface area contributed by atoms with Crippen LogP contribution in [-0.2, 0) is 14.8 Å². The Bertz CT molecular complexity index is 564. The van der Waals surface area contributed by atoms with Crippen LogP contribution >= 0.6 is 11.3 Å². The van der Waals surface area contributed by atoms with Gasteiger partial charge in [-0.25, -0.2) is 18.4 Å². The predicted molar refractivity (Wildman–Crippen MR) is 72.5 cm³/mol. The van der Waals surface area contributed by atoms with E-state index in [9.17, 15) is 13.2 Å². The van der Waals surface area contributed by atoms with Crippen LogP contribution in [0.1, 0.15) is 43.0 Å². The van der Waals surface area contributed by atoms with Crippen LogP contribution in [0.2, 0.25) is 0 Å². The van der Waals surface area contributed by atoms with E-state index in [1.807, 2.05) is 0 Å². The van der Waals surface area contributed by atoms with Gasteiger partial charge in [0.25, 0.3) is 0 Å². The monoisotopic (exact) mass is 303 g/mol. The van der Waals surface area contributed by atoms with E-state index >= 15 is 0 Å². The molecular weight excluding hydrogens is 286 g/mol. The van der Waals surface area contributed by atoms with Crippen LogP contribution in [0.5, 0.6) is 0 Å². The van der Waals surface area contributed by atoms with Crippen molar-refractivity contribution in [3.63, 3.8) is 0 Å². The van der Waals surface area contributed by atoms with Gasteiger partial charge in [-0.15, -0.1) is 11.3 Å². The Morgan fingerprint density at radius 2 is 2.11 bits per heavy atom. The maximum atomic E-state index is 11.9. The van der Waals surface area contributed by atoms with Gasteiger partial charge < -0.3 is 4.74 Å². The van der Waals surface area contributed by atoms with Gasteiger partial charge in [0.05, 0.1) is 5.56 Å². The minimum atomic E-state index is -3.75. The lowest BCUT2D eigenvalue weighted by atomic mass is 9.88.